The van der Waals surface area contributed by atoms with E-state index in [1.807, 2.05) is 0 Å². The van der Waals surface area contributed by atoms with Crippen molar-refractivity contribution in [3.63, 3.8) is 0 Å². The maximum Gasteiger partial charge on any atom is 0.130 e. The van der Waals surface area contributed by atoms with Gasteiger partial charge in [-0.2, -0.15) is 5.26 Å². The molecule has 0 aromatic carbocycles. The van der Waals surface area contributed by atoms with Crippen molar-refractivity contribution in [2.45, 2.75) is 19.8 Å². The van der Waals surface area contributed by atoms with Crippen LogP contribution in [-0.2, 0) is 0 Å². The molecule has 0 aromatic heterocycles. The van der Waals surface area contributed by atoms with Gasteiger partial charge in [0, 0.05) is 6.61 Å². The van der Waals surface area contributed by atoms with E-state index >= 15 is 0 Å². The second-order valence-corrected chi connectivity index (χ2v) is 1.38. The highest BCUT2D eigenvalue weighted by Crippen LogP contribution is 1.78. The number of aliphatic hydroxyl groups excluding tert-OH is 1. The topological polar surface area (TPSA) is 79.0 Å². The zero-order valence-electron chi connectivity index (χ0n) is 5.67. The molecule has 0 aliphatic carbocycles. The van der Waals surface area contributed by atoms with Gasteiger partial charge in [0.15, 0.2) is 0 Å². The third-order valence-electron chi connectivity index (χ3n) is 0.512. The van der Waals surface area contributed by atoms with Gasteiger partial charge in [-0.15, -0.1) is 0 Å². The molecule has 0 spiro atoms. The van der Waals surface area contributed by atoms with Gasteiger partial charge in [-0.1, -0.05) is 26.0 Å². The summed E-state index contributed by atoms with van der Waals surface area (Å²) in [5, 5.41) is 16.7. The molecule has 4 N–H and O–H groups in total. The average molecular weight is 150 g/mol. The molecular weight excluding hydrogens is 136 g/mol. The number of thiocyanates is 1. The Balaban J connectivity index is -0.0000000800. The number of nitriles is 1. The Bertz CT molecular complexity index is 60.5. The van der Waals surface area contributed by atoms with Crippen LogP contribution in [0.2, 0.25) is 0 Å². The van der Waals surface area contributed by atoms with E-state index in [1.54, 1.807) is 0 Å². The monoisotopic (exact) mass is 150 g/mol. The maximum atomic E-state index is 8.07. The van der Waals surface area contributed by atoms with E-state index in [-0.39, 0.29) is 6.15 Å². The molecule has 0 radical (unpaired) electrons. The summed E-state index contributed by atoms with van der Waals surface area (Å²) in [6, 6.07) is 0. The second-order valence-electron chi connectivity index (χ2n) is 1.18. The third kappa shape index (κ3) is 83.1. The van der Waals surface area contributed by atoms with Gasteiger partial charge in [-0.25, -0.2) is 0 Å². The lowest BCUT2D eigenvalue weighted by atomic mass is 10.4. The number of hydrogen-bond acceptors (Lipinski definition) is 4. The van der Waals surface area contributed by atoms with E-state index < -0.39 is 0 Å². The zero-order valence-corrected chi connectivity index (χ0v) is 6.56. The summed E-state index contributed by atoms with van der Waals surface area (Å²) < 4.78 is 0. The Morgan fingerprint density at radius 2 is 2.00 bits per heavy atom. The molecule has 0 aliphatic heterocycles. The second kappa shape index (κ2) is 25.1. The molecule has 0 unspecified atom stereocenters. The predicted molar refractivity (Wildman–Crippen MR) is 41.6 cm³/mol. The minimum atomic E-state index is 0. The summed E-state index contributed by atoms with van der Waals surface area (Å²) in [5.41, 5.74) is 0. The molecule has 0 fully saturated rings. The molecule has 0 bridgehead atoms. The lowest BCUT2D eigenvalue weighted by Gasteiger charge is -1.79. The Morgan fingerprint density at radius 3 is 2.00 bits per heavy atom. The predicted octanol–water partition coefficient (Wildman–Crippen LogP) is 1.34. The van der Waals surface area contributed by atoms with Gasteiger partial charge in [0.05, 0.1) is 0 Å². The number of hydrogen-bond donors (Lipinski definition) is 3. The van der Waals surface area contributed by atoms with E-state index in [1.165, 1.54) is 5.40 Å². The van der Waals surface area contributed by atoms with Crippen LogP contribution in [0.5, 0.6) is 0 Å². The lowest BCUT2D eigenvalue weighted by molar-refractivity contribution is 0.287. The summed E-state index contributed by atoms with van der Waals surface area (Å²) in [6.07, 6.45) is 2.04. The molecule has 0 aliphatic rings. The summed E-state index contributed by atoms with van der Waals surface area (Å²) in [5.74, 6) is 0. The molecule has 0 amide bonds. The van der Waals surface area contributed by atoms with E-state index in [2.05, 4.69) is 19.6 Å². The quantitative estimate of drug-likeness (QED) is 0.410. The maximum absolute atomic E-state index is 8.07. The molecule has 0 rings (SSSR count). The fraction of sp³-hybridized carbons (Fsp3) is 0.800. The van der Waals surface area contributed by atoms with Gasteiger partial charge in [0.1, 0.15) is 5.40 Å². The number of aliphatic hydroxyl groups is 1. The summed E-state index contributed by atoms with van der Waals surface area (Å²) in [4.78, 5) is 0. The molecule has 0 saturated carbocycles. The van der Waals surface area contributed by atoms with E-state index in [0.29, 0.717) is 6.61 Å². The van der Waals surface area contributed by atoms with E-state index in [4.69, 9.17) is 10.4 Å². The van der Waals surface area contributed by atoms with Crippen LogP contribution < -0.4 is 6.15 Å². The van der Waals surface area contributed by atoms with Crippen molar-refractivity contribution in [3.8, 4) is 5.40 Å². The Hall–Kier alpha value is -0.240. The highest BCUT2D eigenvalue weighted by atomic mass is 32.1. The van der Waals surface area contributed by atoms with Crippen LogP contribution in [-0.4, -0.2) is 11.7 Å². The molecule has 3 nitrogen and oxygen atoms in total. The van der Waals surface area contributed by atoms with Gasteiger partial charge in [0.25, 0.3) is 0 Å². The molecule has 0 atom stereocenters. The highest BCUT2D eigenvalue weighted by molar-refractivity contribution is 7.85. The van der Waals surface area contributed by atoms with Crippen molar-refractivity contribution in [3.05, 3.63) is 0 Å². The largest absolute Gasteiger partial charge is 0.396 e. The molecular formula is C5H14N2OS. The van der Waals surface area contributed by atoms with Crippen molar-refractivity contribution < 1.29 is 5.11 Å². The smallest absolute Gasteiger partial charge is 0.130 e. The Labute approximate surface area is 61.7 Å². The zero-order chi connectivity index (χ0) is 6.83. The lowest BCUT2D eigenvalue weighted by Crippen LogP contribution is -1.75. The molecule has 0 heterocycles. The van der Waals surface area contributed by atoms with Gasteiger partial charge in [-0.05, 0) is 6.42 Å². The standard InChI is InChI=1S/C4H10O.CHNS.H3N/c1-2-3-4-5;2-1-3;/h5H,2-4H2,1H3;3H;1H3. The first-order valence-corrected chi connectivity index (χ1v) is 2.92. The van der Waals surface area contributed by atoms with Crippen LogP contribution in [0.4, 0.5) is 0 Å². The van der Waals surface area contributed by atoms with Crippen molar-refractivity contribution in [1.82, 2.24) is 6.15 Å². The van der Waals surface area contributed by atoms with Crippen molar-refractivity contribution >= 4 is 12.6 Å². The SMILES string of the molecule is CCCCO.N.N#CS. The van der Waals surface area contributed by atoms with Crippen LogP contribution >= 0.6 is 12.6 Å². The molecule has 56 valence electrons. The fourth-order valence-electron chi connectivity index (χ4n) is 0.158. The van der Waals surface area contributed by atoms with Crippen LogP contribution in [0, 0.1) is 10.7 Å². The summed E-state index contributed by atoms with van der Waals surface area (Å²) >= 11 is 3.09. The normalized spacial score (nSPS) is 5.56. The van der Waals surface area contributed by atoms with Crippen molar-refractivity contribution in [1.29, 1.82) is 5.26 Å². The van der Waals surface area contributed by atoms with Gasteiger partial charge in [-0.3, -0.25) is 0 Å². The van der Waals surface area contributed by atoms with E-state index in [0.717, 1.165) is 12.8 Å². The van der Waals surface area contributed by atoms with E-state index in [9.17, 15) is 0 Å². The summed E-state index contributed by atoms with van der Waals surface area (Å²) in [6.45, 7) is 2.40. The van der Waals surface area contributed by atoms with Crippen molar-refractivity contribution in [2.75, 3.05) is 6.61 Å². The fourth-order valence-corrected chi connectivity index (χ4v) is 0.158. The molecule has 0 saturated heterocycles. The summed E-state index contributed by atoms with van der Waals surface area (Å²) in [7, 11) is 0. The first-order valence-electron chi connectivity index (χ1n) is 2.47. The Morgan fingerprint density at radius 1 is 1.67 bits per heavy atom. The minimum Gasteiger partial charge on any atom is -0.396 e. The number of rotatable bonds is 2. The van der Waals surface area contributed by atoms with Gasteiger partial charge < -0.3 is 11.3 Å². The van der Waals surface area contributed by atoms with Crippen LogP contribution in [0.1, 0.15) is 19.8 Å². The highest BCUT2D eigenvalue weighted by Gasteiger charge is 1.69. The number of nitrogens with zero attached hydrogens (tertiary/aromatic N) is 1. The van der Waals surface area contributed by atoms with Gasteiger partial charge in [0.2, 0.25) is 0 Å². The number of thiol groups is 1. The molecule has 9 heavy (non-hydrogen) atoms. The first-order chi connectivity index (χ1) is 3.83. The average Bonchev–Trinajstić information content (AvgIpc) is 1.71. The van der Waals surface area contributed by atoms with Crippen molar-refractivity contribution in [2.24, 2.45) is 0 Å². The first kappa shape index (κ1) is 15.9. The van der Waals surface area contributed by atoms with Crippen LogP contribution in [0.25, 0.3) is 0 Å². The third-order valence-corrected chi connectivity index (χ3v) is 0.512. The van der Waals surface area contributed by atoms with Crippen LogP contribution in [0.15, 0.2) is 0 Å². The molecule has 0 aromatic rings. The van der Waals surface area contributed by atoms with Gasteiger partial charge >= 0.3 is 0 Å². The van der Waals surface area contributed by atoms with Crippen LogP contribution in [0.3, 0.4) is 0 Å². The minimum absolute atomic E-state index is 0. The Kier molecular flexibility index (Phi) is 44.3. The molecule has 4 heteroatoms. The number of unbranched alkanes of at least 4 members (excludes halogenated alkanes) is 1.